The van der Waals surface area contributed by atoms with Crippen LogP contribution in [0.5, 0.6) is 0 Å². The first-order chi connectivity index (χ1) is 9.88. The number of sulfone groups is 1. The molecule has 116 valence electrons. The maximum atomic E-state index is 12.4. The summed E-state index contributed by atoms with van der Waals surface area (Å²) in [5, 5.41) is 0. The Labute approximate surface area is 134 Å². The van der Waals surface area contributed by atoms with Crippen LogP contribution in [-0.4, -0.2) is 38.1 Å². The molecule has 0 aromatic heterocycles. The summed E-state index contributed by atoms with van der Waals surface area (Å²) in [7, 11) is -3.30. The highest BCUT2D eigenvalue weighted by Crippen LogP contribution is 2.19. The molecule has 2 rings (SSSR count). The number of likely N-dealkylation sites (tertiary alicyclic amines) is 1. The highest BCUT2D eigenvalue weighted by atomic mass is 79.9. The van der Waals surface area contributed by atoms with E-state index in [-0.39, 0.29) is 17.6 Å². The highest BCUT2D eigenvalue weighted by Gasteiger charge is 2.24. The first kappa shape index (κ1) is 16.5. The summed E-state index contributed by atoms with van der Waals surface area (Å²) < 4.78 is 25.6. The van der Waals surface area contributed by atoms with E-state index in [2.05, 4.69) is 15.9 Å². The molecule has 1 amide bonds. The SMILES string of the molecule is C[C@H](CN1CCCCC1=O)CS(=O)(=O)c1ccc(Br)cc1. The van der Waals surface area contributed by atoms with E-state index >= 15 is 0 Å². The summed E-state index contributed by atoms with van der Waals surface area (Å²) in [5.74, 6) is 0.146. The Kier molecular flexibility index (Phi) is 5.43. The molecule has 0 saturated carbocycles. The molecular weight excluding hydrogens is 354 g/mol. The van der Waals surface area contributed by atoms with Gasteiger partial charge in [0.05, 0.1) is 10.6 Å². The largest absolute Gasteiger partial charge is 0.342 e. The van der Waals surface area contributed by atoms with E-state index in [1.807, 2.05) is 6.92 Å². The Hall–Kier alpha value is -0.880. The fraction of sp³-hybridized carbons (Fsp3) is 0.533. The van der Waals surface area contributed by atoms with Crippen molar-refractivity contribution in [1.29, 1.82) is 0 Å². The van der Waals surface area contributed by atoms with Crippen molar-refractivity contribution in [2.75, 3.05) is 18.8 Å². The van der Waals surface area contributed by atoms with Gasteiger partial charge in [0.2, 0.25) is 5.91 Å². The minimum Gasteiger partial charge on any atom is -0.342 e. The molecule has 0 aliphatic carbocycles. The van der Waals surface area contributed by atoms with E-state index in [9.17, 15) is 13.2 Å². The molecule has 1 heterocycles. The fourth-order valence-corrected chi connectivity index (χ4v) is 4.46. The van der Waals surface area contributed by atoms with Crippen LogP contribution >= 0.6 is 15.9 Å². The minimum atomic E-state index is -3.30. The lowest BCUT2D eigenvalue weighted by Gasteiger charge is -2.29. The van der Waals surface area contributed by atoms with E-state index in [0.29, 0.717) is 17.9 Å². The van der Waals surface area contributed by atoms with Gasteiger partial charge in [-0.05, 0) is 43.0 Å². The van der Waals surface area contributed by atoms with Crippen LogP contribution in [0, 0.1) is 5.92 Å². The van der Waals surface area contributed by atoms with Gasteiger partial charge in [-0.2, -0.15) is 0 Å². The van der Waals surface area contributed by atoms with Gasteiger partial charge in [-0.25, -0.2) is 8.42 Å². The molecule has 6 heteroatoms. The molecule has 1 fully saturated rings. The summed E-state index contributed by atoms with van der Waals surface area (Å²) in [6.45, 7) is 3.16. The van der Waals surface area contributed by atoms with Gasteiger partial charge in [-0.1, -0.05) is 22.9 Å². The Morgan fingerprint density at radius 3 is 2.52 bits per heavy atom. The van der Waals surface area contributed by atoms with Crippen molar-refractivity contribution in [3.05, 3.63) is 28.7 Å². The van der Waals surface area contributed by atoms with Gasteiger partial charge in [-0.15, -0.1) is 0 Å². The number of halogens is 1. The quantitative estimate of drug-likeness (QED) is 0.797. The van der Waals surface area contributed by atoms with Gasteiger partial charge in [-0.3, -0.25) is 4.79 Å². The van der Waals surface area contributed by atoms with Crippen molar-refractivity contribution in [3.63, 3.8) is 0 Å². The molecule has 1 atom stereocenters. The first-order valence-corrected chi connectivity index (χ1v) is 9.59. The number of hydrogen-bond donors (Lipinski definition) is 0. The van der Waals surface area contributed by atoms with Crippen LogP contribution in [-0.2, 0) is 14.6 Å². The third-order valence-corrected chi connectivity index (χ3v) is 6.16. The lowest BCUT2D eigenvalue weighted by atomic mass is 10.1. The summed E-state index contributed by atoms with van der Waals surface area (Å²) in [6, 6.07) is 6.67. The zero-order valence-corrected chi connectivity index (χ0v) is 14.5. The Morgan fingerprint density at radius 2 is 1.90 bits per heavy atom. The number of rotatable bonds is 5. The summed E-state index contributed by atoms with van der Waals surface area (Å²) in [4.78, 5) is 13.9. The van der Waals surface area contributed by atoms with Gasteiger partial charge in [0.1, 0.15) is 0 Å². The maximum absolute atomic E-state index is 12.4. The first-order valence-electron chi connectivity index (χ1n) is 7.14. The van der Waals surface area contributed by atoms with Gasteiger partial charge in [0.15, 0.2) is 9.84 Å². The number of amides is 1. The third kappa shape index (κ3) is 4.54. The maximum Gasteiger partial charge on any atom is 0.222 e. The highest BCUT2D eigenvalue weighted by molar-refractivity contribution is 9.10. The van der Waals surface area contributed by atoms with E-state index in [0.717, 1.165) is 23.9 Å². The molecule has 1 saturated heterocycles. The summed E-state index contributed by atoms with van der Waals surface area (Å²) >= 11 is 3.30. The second-order valence-electron chi connectivity index (χ2n) is 5.64. The average molecular weight is 374 g/mol. The monoisotopic (exact) mass is 373 g/mol. The molecule has 0 N–H and O–H groups in total. The number of benzene rings is 1. The number of carbonyl (C=O) groups is 1. The normalized spacial score (nSPS) is 17.8. The van der Waals surface area contributed by atoms with Crippen LogP contribution in [0.1, 0.15) is 26.2 Å². The Balaban J connectivity index is 1.99. The molecule has 1 aliphatic heterocycles. The number of carbonyl (C=O) groups excluding carboxylic acids is 1. The number of nitrogens with zero attached hydrogens (tertiary/aromatic N) is 1. The van der Waals surface area contributed by atoms with Crippen molar-refractivity contribution in [2.24, 2.45) is 5.92 Å². The van der Waals surface area contributed by atoms with E-state index < -0.39 is 9.84 Å². The molecule has 1 aromatic carbocycles. The fourth-order valence-electron chi connectivity index (χ4n) is 2.60. The van der Waals surface area contributed by atoms with Crippen LogP contribution in [0.4, 0.5) is 0 Å². The molecule has 1 aliphatic rings. The summed E-state index contributed by atoms with van der Waals surface area (Å²) in [5.41, 5.74) is 0. The van der Waals surface area contributed by atoms with Crippen LogP contribution in [0.3, 0.4) is 0 Å². The van der Waals surface area contributed by atoms with Crippen LogP contribution < -0.4 is 0 Å². The Morgan fingerprint density at radius 1 is 1.24 bits per heavy atom. The second-order valence-corrected chi connectivity index (χ2v) is 8.59. The van der Waals surface area contributed by atoms with Gasteiger partial charge < -0.3 is 4.90 Å². The zero-order chi connectivity index (χ0) is 15.5. The molecule has 0 unspecified atom stereocenters. The predicted molar refractivity (Wildman–Crippen MR) is 85.8 cm³/mol. The van der Waals surface area contributed by atoms with Crippen LogP contribution in [0.25, 0.3) is 0 Å². The molecule has 0 radical (unpaired) electrons. The number of piperidine rings is 1. The molecule has 1 aromatic rings. The smallest absolute Gasteiger partial charge is 0.222 e. The second kappa shape index (κ2) is 6.92. The standard InChI is InChI=1S/C15H20BrNO3S/c1-12(10-17-9-3-2-4-15(17)18)11-21(19,20)14-7-5-13(16)6-8-14/h5-8,12H,2-4,9-11H2,1H3/t12-/m1/s1. The molecule has 21 heavy (non-hydrogen) atoms. The Bertz CT molecular complexity index is 598. The van der Waals surface area contributed by atoms with Crippen LogP contribution in [0.2, 0.25) is 0 Å². The summed E-state index contributed by atoms with van der Waals surface area (Å²) in [6.07, 6.45) is 2.55. The van der Waals surface area contributed by atoms with Crippen molar-refractivity contribution < 1.29 is 13.2 Å². The molecule has 0 spiro atoms. The van der Waals surface area contributed by atoms with Crippen molar-refractivity contribution in [2.45, 2.75) is 31.1 Å². The minimum absolute atomic E-state index is 0.0679. The van der Waals surface area contributed by atoms with Crippen molar-refractivity contribution >= 4 is 31.7 Å². The topological polar surface area (TPSA) is 54.5 Å². The molecular formula is C15H20BrNO3S. The van der Waals surface area contributed by atoms with Gasteiger partial charge in [0.25, 0.3) is 0 Å². The van der Waals surface area contributed by atoms with Crippen LogP contribution in [0.15, 0.2) is 33.6 Å². The van der Waals surface area contributed by atoms with Gasteiger partial charge in [0, 0.05) is 24.0 Å². The van der Waals surface area contributed by atoms with Crippen molar-refractivity contribution in [1.82, 2.24) is 4.90 Å². The molecule has 0 bridgehead atoms. The van der Waals surface area contributed by atoms with E-state index in [1.165, 1.54) is 0 Å². The van der Waals surface area contributed by atoms with Gasteiger partial charge >= 0.3 is 0 Å². The third-order valence-electron chi connectivity index (χ3n) is 3.63. The lowest BCUT2D eigenvalue weighted by molar-refractivity contribution is -0.133. The zero-order valence-electron chi connectivity index (χ0n) is 12.1. The van der Waals surface area contributed by atoms with Crippen molar-refractivity contribution in [3.8, 4) is 0 Å². The van der Waals surface area contributed by atoms with E-state index in [4.69, 9.17) is 0 Å². The number of hydrogen-bond acceptors (Lipinski definition) is 3. The average Bonchev–Trinajstić information content (AvgIpc) is 2.41. The molecule has 4 nitrogen and oxygen atoms in total. The lowest BCUT2D eigenvalue weighted by Crippen LogP contribution is -2.39. The predicted octanol–water partition coefficient (Wildman–Crippen LogP) is 2.87. The van der Waals surface area contributed by atoms with E-state index in [1.54, 1.807) is 29.2 Å².